The molecule has 0 radical (unpaired) electrons. The summed E-state index contributed by atoms with van der Waals surface area (Å²) in [6.07, 6.45) is -2.67. The van der Waals surface area contributed by atoms with E-state index in [0.29, 0.717) is 22.2 Å². The van der Waals surface area contributed by atoms with E-state index >= 15 is 4.39 Å². The number of carbonyl (C=O) groups is 1. The van der Waals surface area contributed by atoms with Gasteiger partial charge in [-0.15, -0.1) is 16.4 Å². The molecule has 1 amide bonds. The third-order valence-corrected chi connectivity index (χ3v) is 9.25. The van der Waals surface area contributed by atoms with Gasteiger partial charge in [0.25, 0.3) is 5.91 Å². The summed E-state index contributed by atoms with van der Waals surface area (Å²) in [6, 6.07) is 5.04. The highest BCUT2D eigenvalue weighted by Crippen LogP contribution is 2.44. The first-order valence-corrected chi connectivity index (χ1v) is 15.3. The smallest absolute Gasteiger partial charge is 0.393 e. The van der Waals surface area contributed by atoms with Crippen LogP contribution in [0.1, 0.15) is 61.0 Å². The van der Waals surface area contributed by atoms with Crippen molar-refractivity contribution in [3.8, 4) is 16.6 Å². The van der Waals surface area contributed by atoms with Gasteiger partial charge in [-0.2, -0.15) is 18.2 Å². The van der Waals surface area contributed by atoms with E-state index in [9.17, 15) is 18.0 Å². The molecule has 6 rings (SSSR count). The van der Waals surface area contributed by atoms with Crippen LogP contribution in [0.4, 0.5) is 23.2 Å². The molecular formula is C29H33F4N7O3S. The number of methoxy groups -OCH3 is 1. The standard InChI is InChI=1S/C29H33F4N7O3S/c1-15(2)39-10-9-21(20(30)14-39)35-22-6-4-5-17-18(11-29(31,32)33)25(44-24(17)22)26-36-23(43-38-26)12-34-27(41)19-13-40(16-7-8-16)37-28(19)42-3/h4-6,13,15-16,20-21,35H,7-12,14H2,1-3H3,(H,34,41)/t20-,21+/m0/s1. The summed E-state index contributed by atoms with van der Waals surface area (Å²) in [6.45, 7) is 4.91. The number of halogens is 4. The molecule has 2 atom stereocenters. The molecule has 1 aliphatic carbocycles. The molecule has 236 valence electrons. The van der Waals surface area contributed by atoms with E-state index in [2.05, 4.69) is 30.8 Å². The van der Waals surface area contributed by atoms with Gasteiger partial charge in [0.05, 0.1) is 47.4 Å². The molecule has 2 fully saturated rings. The fourth-order valence-electron chi connectivity index (χ4n) is 5.48. The van der Waals surface area contributed by atoms with Crippen LogP contribution in [0.5, 0.6) is 5.88 Å². The number of anilines is 1. The molecule has 2 N–H and O–H groups in total. The Kier molecular flexibility index (Phi) is 8.26. The monoisotopic (exact) mass is 635 g/mol. The lowest BCUT2D eigenvalue weighted by Crippen LogP contribution is -2.50. The number of fused-ring (bicyclic) bond motifs is 1. The van der Waals surface area contributed by atoms with Crippen molar-refractivity contribution in [1.29, 1.82) is 0 Å². The fraction of sp³-hybridized carbons (Fsp3) is 0.517. The Hall–Kier alpha value is -3.72. The van der Waals surface area contributed by atoms with Gasteiger partial charge in [-0.1, -0.05) is 17.3 Å². The normalized spacial score (nSPS) is 19.5. The fourth-order valence-corrected chi connectivity index (χ4v) is 6.70. The predicted molar refractivity (Wildman–Crippen MR) is 157 cm³/mol. The summed E-state index contributed by atoms with van der Waals surface area (Å²) in [7, 11) is 1.43. The average Bonchev–Trinajstić information content (AvgIpc) is 3.40. The van der Waals surface area contributed by atoms with Crippen LogP contribution < -0.4 is 15.4 Å². The number of aromatic nitrogens is 4. The van der Waals surface area contributed by atoms with Crippen molar-refractivity contribution in [3.63, 3.8) is 0 Å². The van der Waals surface area contributed by atoms with Gasteiger partial charge in [0.2, 0.25) is 17.6 Å². The minimum absolute atomic E-state index is 0.0150. The van der Waals surface area contributed by atoms with E-state index in [1.165, 1.54) is 7.11 Å². The molecule has 1 saturated carbocycles. The highest BCUT2D eigenvalue weighted by Gasteiger charge is 2.34. The summed E-state index contributed by atoms with van der Waals surface area (Å²) < 4.78 is 69.2. The van der Waals surface area contributed by atoms with E-state index in [4.69, 9.17) is 9.26 Å². The van der Waals surface area contributed by atoms with Crippen molar-refractivity contribution in [2.45, 2.75) is 76.5 Å². The molecule has 44 heavy (non-hydrogen) atoms. The minimum atomic E-state index is -4.50. The van der Waals surface area contributed by atoms with Crippen molar-refractivity contribution in [1.82, 2.24) is 30.1 Å². The number of thiophene rings is 1. The van der Waals surface area contributed by atoms with Gasteiger partial charge in [0, 0.05) is 25.3 Å². The number of benzene rings is 1. The van der Waals surface area contributed by atoms with E-state index in [-0.39, 0.29) is 58.8 Å². The van der Waals surface area contributed by atoms with Crippen LogP contribution in [0.3, 0.4) is 0 Å². The average molecular weight is 636 g/mol. The van der Waals surface area contributed by atoms with Crippen LogP contribution in [0, 0.1) is 0 Å². The van der Waals surface area contributed by atoms with Crippen molar-refractivity contribution in [2.75, 3.05) is 25.5 Å². The zero-order valence-corrected chi connectivity index (χ0v) is 25.3. The number of ether oxygens (including phenoxy) is 1. The molecule has 3 aromatic heterocycles. The van der Waals surface area contributed by atoms with Gasteiger partial charge < -0.3 is 19.9 Å². The number of hydrogen-bond donors (Lipinski definition) is 2. The molecule has 10 nitrogen and oxygen atoms in total. The molecule has 0 bridgehead atoms. The van der Waals surface area contributed by atoms with Crippen molar-refractivity contribution in [3.05, 3.63) is 41.4 Å². The van der Waals surface area contributed by atoms with Crippen LogP contribution in [0.2, 0.25) is 0 Å². The second-order valence-corrected chi connectivity index (χ2v) is 12.5. The van der Waals surface area contributed by atoms with Crippen molar-refractivity contribution < 1.29 is 31.6 Å². The Bertz CT molecular complexity index is 1650. The number of rotatable bonds is 10. The zero-order valence-electron chi connectivity index (χ0n) is 24.4. The summed E-state index contributed by atoms with van der Waals surface area (Å²) in [4.78, 5) is 19.4. The molecule has 4 heterocycles. The van der Waals surface area contributed by atoms with Crippen LogP contribution in [-0.2, 0) is 13.0 Å². The number of nitrogens with zero attached hydrogens (tertiary/aromatic N) is 5. The first-order chi connectivity index (χ1) is 21.0. The quantitative estimate of drug-likeness (QED) is 0.212. The first-order valence-electron chi connectivity index (χ1n) is 14.5. The van der Waals surface area contributed by atoms with Crippen molar-refractivity contribution >= 4 is 33.0 Å². The molecule has 4 aromatic rings. The number of amides is 1. The van der Waals surface area contributed by atoms with Gasteiger partial charge in [-0.25, -0.2) is 4.39 Å². The highest BCUT2D eigenvalue weighted by molar-refractivity contribution is 7.23. The van der Waals surface area contributed by atoms with Gasteiger partial charge in [-0.05, 0) is 50.1 Å². The summed E-state index contributed by atoms with van der Waals surface area (Å²) in [5, 5.41) is 14.6. The Labute approximate surface area is 254 Å². The molecule has 1 saturated heterocycles. The Morgan fingerprint density at radius 1 is 1.25 bits per heavy atom. The third-order valence-electron chi connectivity index (χ3n) is 7.97. The highest BCUT2D eigenvalue weighted by atomic mass is 32.1. The van der Waals surface area contributed by atoms with Gasteiger partial charge >= 0.3 is 6.18 Å². The van der Waals surface area contributed by atoms with E-state index in [1.54, 1.807) is 29.1 Å². The molecular weight excluding hydrogens is 602 g/mol. The maximum atomic E-state index is 15.1. The summed E-state index contributed by atoms with van der Waals surface area (Å²) >= 11 is 1.10. The second-order valence-electron chi connectivity index (χ2n) is 11.5. The number of alkyl halides is 4. The maximum absolute atomic E-state index is 15.1. The maximum Gasteiger partial charge on any atom is 0.393 e. The van der Waals surface area contributed by atoms with Crippen LogP contribution in [0.25, 0.3) is 20.8 Å². The lowest BCUT2D eigenvalue weighted by Gasteiger charge is -2.37. The van der Waals surface area contributed by atoms with Crippen LogP contribution >= 0.6 is 11.3 Å². The summed E-state index contributed by atoms with van der Waals surface area (Å²) in [5.41, 5.74) is 0.826. The lowest BCUT2D eigenvalue weighted by atomic mass is 10.0. The molecule has 1 aromatic carbocycles. The van der Waals surface area contributed by atoms with Gasteiger partial charge in [0.1, 0.15) is 11.7 Å². The van der Waals surface area contributed by atoms with E-state index in [1.807, 2.05) is 13.8 Å². The zero-order chi connectivity index (χ0) is 31.2. The number of nitrogens with one attached hydrogen (secondary N) is 2. The number of likely N-dealkylation sites (tertiary alicyclic amines) is 1. The van der Waals surface area contributed by atoms with E-state index < -0.39 is 30.7 Å². The Morgan fingerprint density at radius 3 is 2.73 bits per heavy atom. The number of piperidine rings is 1. The van der Waals surface area contributed by atoms with Crippen LogP contribution in [-0.4, -0.2) is 75.4 Å². The van der Waals surface area contributed by atoms with Gasteiger partial charge in [0.15, 0.2) is 0 Å². The topological polar surface area (TPSA) is 110 Å². The Balaban J connectivity index is 1.24. The van der Waals surface area contributed by atoms with Crippen molar-refractivity contribution in [2.24, 2.45) is 0 Å². The second kappa shape index (κ2) is 12.0. The van der Waals surface area contributed by atoms with Crippen LogP contribution in [0.15, 0.2) is 28.9 Å². The molecule has 0 unspecified atom stereocenters. The first kappa shape index (κ1) is 30.3. The number of carbonyl (C=O) groups excluding carboxylic acids is 1. The largest absolute Gasteiger partial charge is 0.479 e. The SMILES string of the molecule is COc1nn(C2CC2)cc1C(=O)NCc1nc(-c2sc3c(N[C@@H]4CCN(C(C)C)C[C@@H]4F)cccc3c2CC(F)(F)F)no1. The Morgan fingerprint density at radius 2 is 2.05 bits per heavy atom. The molecule has 2 aliphatic rings. The predicted octanol–water partition coefficient (Wildman–Crippen LogP) is 5.76. The number of hydrogen-bond acceptors (Lipinski definition) is 9. The summed E-state index contributed by atoms with van der Waals surface area (Å²) in [5.74, 6) is -0.271. The lowest BCUT2D eigenvalue weighted by molar-refractivity contribution is -0.126. The van der Waals surface area contributed by atoms with Gasteiger partial charge in [-0.3, -0.25) is 14.4 Å². The third kappa shape index (κ3) is 6.39. The minimum Gasteiger partial charge on any atom is -0.479 e. The molecule has 15 heteroatoms. The molecule has 0 spiro atoms. The van der Waals surface area contributed by atoms with E-state index in [0.717, 1.165) is 30.7 Å². The molecule has 1 aliphatic heterocycles.